The monoisotopic (exact) mass is 555 g/mol. The van der Waals surface area contributed by atoms with Crippen molar-refractivity contribution in [1.82, 2.24) is 15.1 Å². The number of nitrogens with zero attached hydrogens (tertiary/aromatic N) is 4. The van der Waals surface area contributed by atoms with Gasteiger partial charge < -0.3 is 25.1 Å². The molecule has 1 aromatic rings. The Bertz CT molecular complexity index is 699. The van der Waals surface area contributed by atoms with Gasteiger partial charge in [-0.3, -0.25) is 0 Å². The van der Waals surface area contributed by atoms with E-state index >= 15 is 0 Å². The van der Waals surface area contributed by atoms with Crippen LogP contribution in [0.15, 0.2) is 29.3 Å². The first kappa shape index (κ1) is 25.6. The third kappa shape index (κ3) is 6.97. The molecule has 1 aromatic carbocycles. The lowest BCUT2D eigenvalue weighted by molar-refractivity contribution is 0.203. The second-order valence-corrected chi connectivity index (χ2v) is 9.56. The predicted molar refractivity (Wildman–Crippen MR) is 144 cm³/mol. The number of aliphatic imine (C=N–C) groups is 1. The van der Waals surface area contributed by atoms with Crippen molar-refractivity contribution in [1.29, 1.82) is 0 Å². The first-order valence-electron chi connectivity index (χ1n) is 12.5. The molecule has 3 aliphatic rings. The number of anilines is 1. The maximum atomic E-state index is 9.34. The van der Waals surface area contributed by atoms with Crippen LogP contribution in [-0.4, -0.2) is 79.8 Å². The fraction of sp³-hybridized carbons (Fsp3) is 0.720. The molecule has 0 amide bonds. The second-order valence-electron chi connectivity index (χ2n) is 9.56. The van der Waals surface area contributed by atoms with Crippen LogP contribution in [0.5, 0.6) is 0 Å². The van der Waals surface area contributed by atoms with Gasteiger partial charge in [-0.05, 0) is 81.6 Å². The lowest BCUT2D eigenvalue weighted by atomic mass is 9.97. The number of aliphatic hydroxyl groups is 1. The molecular weight excluding hydrogens is 513 g/mol. The zero-order chi connectivity index (χ0) is 21.5. The standard InChI is InChI=1S/C25H41N5O.HI/c1-2-26-25(30-16-11-23(19-30)18-28-12-3-4-13-28)27-17-21-5-7-24(8-6-21)29-14-9-22(20-31)10-15-29;/h5-8,22-23,31H,2-4,9-20H2,1H3,(H,26,27);1H. The van der Waals surface area contributed by atoms with Crippen LogP contribution in [0.25, 0.3) is 0 Å². The van der Waals surface area contributed by atoms with Gasteiger partial charge in [0.1, 0.15) is 0 Å². The molecule has 6 nitrogen and oxygen atoms in total. The molecule has 3 aliphatic heterocycles. The Kier molecular flexibility index (Phi) is 10.4. The molecule has 2 N–H and O–H groups in total. The van der Waals surface area contributed by atoms with Crippen LogP contribution in [0.1, 0.15) is 44.6 Å². The van der Waals surface area contributed by atoms with Crippen molar-refractivity contribution in [3.8, 4) is 0 Å². The molecule has 1 unspecified atom stereocenters. The van der Waals surface area contributed by atoms with Crippen LogP contribution in [0, 0.1) is 11.8 Å². The van der Waals surface area contributed by atoms with Crippen molar-refractivity contribution in [2.24, 2.45) is 16.8 Å². The third-order valence-electron chi connectivity index (χ3n) is 7.22. The lowest BCUT2D eigenvalue weighted by Gasteiger charge is -2.32. The van der Waals surface area contributed by atoms with Gasteiger partial charge in [-0.2, -0.15) is 0 Å². The lowest BCUT2D eigenvalue weighted by Crippen LogP contribution is -2.40. The maximum Gasteiger partial charge on any atom is 0.194 e. The number of benzene rings is 1. The molecule has 7 heteroatoms. The van der Waals surface area contributed by atoms with E-state index in [1.807, 2.05) is 0 Å². The maximum absolute atomic E-state index is 9.34. The Balaban J connectivity index is 0.00000289. The van der Waals surface area contributed by atoms with Crippen LogP contribution in [-0.2, 0) is 6.54 Å². The second kappa shape index (κ2) is 13.0. The van der Waals surface area contributed by atoms with Crippen LogP contribution >= 0.6 is 24.0 Å². The molecule has 0 aliphatic carbocycles. The van der Waals surface area contributed by atoms with E-state index in [1.54, 1.807) is 0 Å². The van der Waals surface area contributed by atoms with Crippen molar-refractivity contribution in [2.45, 2.75) is 45.6 Å². The van der Waals surface area contributed by atoms with Crippen LogP contribution in [0.2, 0.25) is 0 Å². The van der Waals surface area contributed by atoms with E-state index in [0.29, 0.717) is 12.5 Å². The number of rotatable bonds is 7. The summed E-state index contributed by atoms with van der Waals surface area (Å²) in [4.78, 5) is 12.5. The zero-order valence-corrected chi connectivity index (χ0v) is 22.0. The third-order valence-corrected chi connectivity index (χ3v) is 7.22. The highest BCUT2D eigenvalue weighted by Gasteiger charge is 2.27. The number of likely N-dealkylation sites (tertiary alicyclic amines) is 2. The summed E-state index contributed by atoms with van der Waals surface area (Å²) < 4.78 is 0. The summed E-state index contributed by atoms with van der Waals surface area (Å²) in [6.45, 7) is 12.3. The largest absolute Gasteiger partial charge is 0.396 e. The summed E-state index contributed by atoms with van der Waals surface area (Å²) in [5, 5.41) is 12.9. The smallest absolute Gasteiger partial charge is 0.194 e. The Labute approximate surface area is 211 Å². The number of hydrogen-bond acceptors (Lipinski definition) is 4. The Morgan fingerprint density at radius 1 is 1.00 bits per heavy atom. The normalized spacial score (nSPS) is 22.9. The molecule has 0 aromatic heterocycles. The molecule has 0 radical (unpaired) electrons. The molecule has 1 atom stereocenters. The number of halogens is 1. The number of guanidine groups is 1. The van der Waals surface area contributed by atoms with E-state index in [2.05, 4.69) is 51.2 Å². The van der Waals surface area contributed by atoms with Gasteiger partial charge in [-0.15, -0.1) is 24.0 Å². The average Bonchev–Trinajstić information content (AvgIpc) is 3.50. The van der Waals surface area contributed by atoms with Gasteiger partial charge in [-0.25, -0.2) is 4.99 Å². The van der Waals surface area contributed by atoms with Gasteiger partial charge in [0.25, 0.3) is 0 Å². The van der Waals surface area contributed by atoms with E-state index in [9.17, 15) is 5.11 Å². The SMILES string of the molecule is CCNC(=NCc1ccc(N2CCC(CO)CC2)cc1)N1CCC(CN2CCCC2)C1.I. The van der Waals surface area contributed by atoms with Crippen LogP contribution in [0.4, 0.5) is 5.69 Å². The van der Waals surface area contributed by atoms with Gasteiger partial charge >= 0.3 is 0 Å². The highest BCUT2D eigenvalue weighted by Crippen LogP contribution is 2.24. The van der Waals surface area contributed by atoms with Gasteiger partial charge in [0.15, 0.2) is 5.96 Å². The van der Waals surface area contributed by atoms with Crippen molar-refractivity contribution < 1.29 is 5.11 Å². The first-order valence-corrected chi connectivity index (χ1v) is 12.5. The molecule has 180 valence electrons. The van der Waals surface area contributed by atoms with E-state index in [0.717, 1.165) is 64.0 Å². The van der Waals surface area contributed by atoms with Crippen molar-refractivity contribution in [2.75, 3.05) is 63.9 Å². The predicted octanol–water partition coefficient (Wildman–Crippen LogP) is 3.40. The number of nitrogens with one attached hydrogen (secondary N) is 1. The quantitative estimate of drug-likeness (QED) is 0.307. The Hall–Kier alpha value is -1.06. The summed E-state index contributed by atoms with van der Waals surface area (Å²) in [5.74, 6) is 2.33. The Morgan fingerprint density at radius 2 is 1.69 bits per heavy atom. The van der Waals surface area contributed by atoms with Crippen LogP contribution in [0.3, 0.4) is 0 Å². The van der Waals surface area contributed by atoms with E-state index in [1.165, 1.54) is 50.1 Å². The molecule has 3 fully saturated rings. The molecular formula is C25H42IN5O. The van der Waals surface area contributed by atoms with E-state index in [-0.39, 0.29) is 24.0 Å². The van der Waals surface area contributed by atoms with Gasteiger partial charge in [0, 0.05) is 51.6 Å². The molecule has 0 bridgehead atoms. The van der Waals surface area contributed by atoms with Gasteiger partial charge in [0.05, 0.1) is 6.54 Å². The number of aliphatic hydroxyl groups excluding tert-OH is 1. The molecule has 0 spiro atoms. The zero-order valence-electron chi connectivity index (χ0n) is 19.7. The van der Waals surface area contributed by atoms with E-state index in [4.69, 9.17) is 4.99 Å². The summed E-state index contributed by atoms with van der Waals surface area (Å²) in [7, 11) is 0. The summed E-state index contributed by atoms with van der Waals surface area (Å²) in [5.41, 5.74) is 2.55. The van der Waals surface area contributed by atoms with Crippen molar-refractivity contribution >= 4 is 35.6 Å². The highest BCUT2D eigenvalue weighted by atomic mass is 127. The van der Waals surface area contributed by atoms with Gasteiger partial charge in [0.2, 0.25) is 0 Å². The van der Waals surface area contributed by atoms with Crippen LogP contribution < -0.4 is 10.2 Å². The number of piperidine rings is 1. The summed E-state index contributed by atoms with van der Waals surface area (Å²) >= 11 is 0. The molecule has 32 heavy (non-hydrogen) atoms. The Morgan fingerprint density at radius 3 is 2.34 bits per heavy atom. The summed E-state index contributed by atoms with van der Waals surface area (Å²) in [6, 6.07) is 8.92. The fourth-order valence-corrected chi connectivity index (χ4v) is 5.28. The average molecular weight is 556 g/mol. The molecule has 0 saturated carbocycles. The minimum Gasteiger partial charge on any atom is -0.396 e. The van der Waals surface area contributed by atoms with E-state index < -0.39 is 0 Å². The minimum atomic E-state index is 0. The highest BCUT2D eigenvalue weighted by molar-refractivity contribution is 14.0. The fourth-order valence-electron chi connectivity index (χ4n) is 5.28. The van der Waals surface area contributed by atoms with Crippen molar-refractivity contribution in [3.05, 3.63) is 29.8 Å². The van der Waals surface area contributed by atoms with Crippen molar-refractivity contribution in [3.63, 3.8) is 0 Å². The summed E-state index contributed by atoms with van der Waals surface area (Å²) in [6.07, 6.45) is 6.20. The number of hydrogen-bond donors (Lipinski definition) is 2. The molecule has 3 saturated heterocycles. The van der Waals surface area contributed by atoms with Gasteiger partial charge in [-0.1, -0.05) is 12.1 Å². The topological polar surface area (TPSA) is 54.3 Å². The molecule has 3 heterocycles. The molecule has 4 rings (SSSR count). The first-order chi connectivity index (χ1) is 15.2. The minimum absolute atomic E-state index is 0.